The number of hydrogen-bond donors (Lipinski definition) is 1. The third-order valence-corrected chi connectivity index (χ3v) is 3.98. The maximum atomic E-state index is 12.4. The molecule has 0 aliphatic rings. The lowest BCUT2D eigenvalue weighted by atomic mass is 10.0. The molecule has 112 valence electrons. The van der Waals surface area contributed by atoms with Crippen molar-refractivity contribution < 1.29 is 4.79 Å². The predicted molar refractivity (Wildman–Crippen MR) is 89.7 cm³/mol. The smallest absolute Gasteiger partial charge is 0.267 e. The fourth-order valence-corrected chi connectivity index (χ4v) is 2.73. The van der Waals surface area contributed by atoms with E-state index >= 15 is 0 Å². The van der Waals surface area contributed by atoms with Gasteiger partial charge in [-0.25, -0.2) is 0 Å². The van der Waals surface area contributed by atoms with Crippen molar-refractivity contribution in [3.8, 4) is 0 Å². The van der Waals surface area contributed by atoms with Gasteiger partial charge in [-0.1, -0.05) is 37.3 Å². The molecule has 1 aromatic heterocycles. The largest absolute Gasteiger partial charge is 0.350 e. The van der Waals surface area contributed by atoms with E-state index in [1.54, 1.807) is 0 Å². The summed E-state index contributed by atoms with van der Waals surface area (Å²) >= 11 is 3.44. The van der Waals surface area contributed by atoms with Crippen molar-refractivity contribution in [3.63, 3.8) is 0 Å². The molecule has 0 saturated heterocycles. The Balaban J connectivity index is 2.02. The number of nitrogens with zero attached hydrogens (tertiary/aromatic N) is 1. The van der Waals surface area contributed by atoms with Crippen LogP contribution in [0.2, 0.25) is 0 Å². The van der Waals surface area contributed by atoms with Gasteiger partial charge in [-0.05, 0) is 47.3 Å². The molecule has 1 unspecified atom stereocenters. The Hall–Kier alpha value is -1.55. The normalized spacial score (nSPS) is 12.4. The van der Waals surface area contributed by atoms with Crippen molar-refractivity contribution in [2.24, 2.45) is 0 Å². The van der Waals surface area contributed by atoms with Crippen molar-refractivity contribution in [3.05, 3.63) is 58.3 Å². The minimum absolute atomic E-state index is 0.0304. The van der Waals surface area contributed by atoms with E-state index in [1.165, 1.54) is 5.56 Å². The standard InChI is InChI=1S/C17H21BrN2O/c1-12(2)20-11-15(18)9-16(20)17(21)19-10-13(3)14-7-5-4-6-8-14/h4-9,11-13H,10H2,1-3H3,(H,19,21). The summed E-state index contributed by atoms with van der Waals surface area (Å²) in [4.78, 5) is 12.4. The Morgan fingerprint density at radius 1 is 1.24 bits per heavy atom. The van der Waals surface area contributed by atoms with Gasteiger partial charge >= 0.3 is 0 Å². The lowest BCUT2D eigenvalue weighted by molar-refractivity contribution is 0.0941. The zero-order valence-corrected chi connectivity index (χ0v) is 14.2. The molecule has 21 heavy (non-hydrogen) atoms. The summed E-state index contributed by atoms with van der Waals surface area (Å²) in [6, 6.07) is 12.3. The Morgan fingerprint density at radius 2 is 1.90 bits per heavy atom. The fourth-order valence-electron chi connectivity index (χ4n) is 2.29. The van der Waals surface area contributed by atoms with Crippen LogP contribution in [-0.4, -0.2) is 17.0 Å². The molecule has 1 amide bonds. The van der Waals surface area contributed by atoms with Gasteiger partial charge in [-0.15, -0.1) is 0 Å². The van der Waals surface area contributed by atoms with Gasteiger partial charge in [-0.2, -0.15) is 0 Å². The van der Waals surface area contributed by atoms with E-state index < -0.39 is 0 Å². The third-order valence-electron chi connectivity index (χ3n) is 3.54. The summed E-state index contributed by atoms with van der Waals surface area (Å²) < 4.78 is 2.91. The first-order valence-electron chi connectivity index (χ1n) is 7.19. The van der Waals surface area contributed by atoms with Crippen molar-refractivity contribution >= 4 is 21.8 Å². The summed E-state index contributed by atoms with van der Waals surface area (Å²) in [7, 11) is 0. The average molecular weight is 349 g/mol. The molecule has 0 spiro atoms. The van der Waals surface area contributed by atoms with Gasteiger partial charge in [-0.3, -0.25) is 4.79 Å². The summed E-state index contributed by atoms with van der Waals surface area (Å²) in [5.41, 5.74) is 1.93. The Morgan fingerprint density at radius 3 is 2.52 bits per heavy atom. The summed E-state index contributed by atoms with van der Waals surface area (Å²) in [6.45, 7) is 6.88. The van der Waals surface area contributed by atoms with Gasteiger partial charge in [0.05, 0.1) is 0 Å². The highest BCUT2D eigenvalue weighted by Gasteiger charge is 2.15. The maximum absolute atomic E-state index is 12.4. The number of carbonyl (C=O) groups is 1. The second-order valence-electron chi connectivity index (χ2n) is 5.57. The first kappa shape index (κ1) is 15.8. The molecule has 3 nitrogen and oxygen atoms in total. The monoisotopic (exact) mass is 348 g/mol. The Kier molecular flexibility index (Phi) is 5.23. The zero-order valence-electron chi connectivity index (χ0n) is 12.6. The first-order valence-corrected chi connectivity index (χ1v) is 7.99. The number of carbonyl (C=O) groups excluding carboxylic acids is 1. The fraction of sp³-hybridized carbons (Fsp3) is 0.353. The van der Waals surface area contributed by atoms with Gasteiger partial charge in [0.1, 0.15) is 5.69 Å². The molecule has 1 heterocycles. The summed E-state index contributed by atoms with van der Waals surface area (Å²) in [5.74, 6) is 0.262. The molecule has 0 radical (unpaired) electrons. The van der Waals surface area contributed by atoms with Gasteiger partial charge in [0, 0.05) is 23.3 Å². The molecule has 0 aliphatic heterocycles. The quantitative estimate of drug-likeness (QED) is 0.855. The van der Waals surface area contributed by atoms with Crippen molar-refractivity contribution in [1.82, 2.24) is 9.88 Å². The van der Waals surface area contributed by atoms with Crippen LogP contribution in [0.4, 0.5) is 0 Å². The predicted octanol–water partition coefficient (Wildman–Crippen LogP) is 4.37. The number of nitrogens with one attached hydrogen (secondary N) is 1. The minimum atomic E-state index is -0.0304. The molecule has 0 fully saturated rings. The molecule has 4 heteroatoms. The second-order valence-corrected chi connectivity index (χ2v) is 6.48. The third kappa shape index (κ3) is 3.97. The molecule has 1 aromatic carbocycles. The summed E-state index contributed by atoms with van der Waals surface area (Å²) in [6.07, 6.45) is 1.94. The maximum Gasteiger partial charge on any atom is 0.267 e. The summed E-state index contributed by atoms with van der Waals surface area (Å²) in [5, 5.41) is 3.03. The van der Waals surface area contributed by atoms with Crippen LogP contribution in [0.25, 0.3) is 0 Å². The zero-order chi connectivity index (χ0) is 15.4. The molecule has 0 saturated carbocycles. The number of benzene rings is 1. The Bertz CT molecular complexity index is 605. The lowest BCUT2D eigenvalue weighted by Crippen LogP contribution is -2.29. The Labute approximate surface area is 134 Å². The van der Waals surface area contributed by atoms with Gasteiger partial charge in [0.2, 0.25) is 0 Å². The molecular weight excluding hydrogens is 328 g/mol. The van der Waals surface area contributed by atoms with E-state index in [1.807, 2.05) is 35.0 Å². The van der Waals surface area contributed by atoms with E-state index in [0.29, 0.717) is 18.2 Å². The molecule has 0 bridgehead atoms. The lowest BCUT2D eigenvalue weighted by Gasteiger charge is -2.15. The minimum Gasteiger partial charge on any atom is -0.350 e. The van der Waals surface area contributed by atoms with Crippen LogP contribution < -0.4 is 5.32 Å². The van der Waals surface area contributed by atoms with Crippen molar-refractivity contribution in [2.45, 2.75) is 32.7 Å². The molecule has 1 atom stereocenters. The molecular formula is C17H21BrN2O. The van der Waals surface area contributed by atoms with Crippen molar-refractivity contribution in [2.75, 3.05) is 6.54 Å². The average Bonchev–Trinajstić information content (AvgIpc) is 2.87. The van der Waals surface area contributed by atoms with Gasteiger partial charge < -0.3 is 9.88 Å². The van der Waals surface area contributed by atoms with E-state index in [9.17, 15) is 4.79 Å². The molecule has 2 aromatic rings. The van der Waals surface area contributed by atoms with E-state index in [0.717, 1.165) is 4.47 Å². The highest BCUT2D eigenvalue weighted by molar-refractivity contribution is 9.10. The SMILES string of the molecule is CC(CNC(=O)c1cc(Br)cn1C(C)C)c1ccccc1. The highest BCUT2D eigenvalue weighted by Crippen LogP contribution is 2.20. The van der Waals surface area contributed by atoms with Gasteiger partial charge in [0.25, 0.3) is 5.91 Å². The van der Waals surface area contributed by atoms with Crippen LogP contribution >= 0.6 is 15.9 Å². The molecule has 0 aliphatic carbocycles. The molecule has 2 rings (SSSR count). The number of halogens is 1. The van der Waals surface area contributed by atoms with E-state index in [4.69, 9.17) is 0 Å². The number of hydrogen-bond acceptors (Lipinski definition) is 1. The first-order chi connectivity index (χ1) is 9.99. The molecule has 1 N–H and O–H groups in total. The number of amides is 1. The number of rotatable bonds is 5. The topological polar surface area (TPSA) is 34.0 Å². The van der Waals surface area contributed by atoms with Crippen LogP contribution in [0.5, 0.6) is 0 Å². The van der Waals surface area contributed by atoms with E-state index in [-0.39, 0.29) is 11.9 Å². The van der Waals surface area contributed by atoms with Gasteiger partial charge in [0.15, 0.2) is 0 Å². The van der Waals surface area contributed by atoms with E-state index in [2.05, 4.69) is 54.2 Å². The van der Waals surface area contributed by atoms with Crippen LogP contribution in [0, 0.1) is 0 Å². The van der Waals surface area contributed by atoms with Crippen molar-refractivity contribution in [1.29, 1.82) is 0 Å². The highest BCUT2D eigenvalue weighted by atomic mass is 79.9. The van der Waals surface area contributed by atoms with Crippen LogP contribution in [0.15, 0.2) is 47.1 Å². The number of aromatic nitrogens is 1. The van der Waals surface area contributed by atoms with Crippen LogP contribution in [-0.2, 0) is 0 Å². The van der Waals surface area contributed by atoms with Crippen LogP contribution in [0.1, 0.15) is 48.8 Å². The second kappa shape index (κ2) is 6.94. The van der Waals surface area contributed by atoms with Crippen LogP contribution in [0.3, 0.4) is 0 Å².